The van der Waals surface area contributed by atoms with E-state index < -0.39 is 11.5 Å². The van der Waals surface area contributed by atoms with Crippen molar-refractivity contribution in [1.29, 1.82) is 0 Å². The molecule has 0 spiro atoms. The summed E-state index contributed by atoms with van der Waals surface area (Å²) in [4.78, 5) is 29.7. The molecule has 6 heteroatoms. The highest BCUT2D eigenvalue weighted by Crippen LogP contribution is 2.36. The van der Waals surface area contributed by atoms with Crippen LogP contribution in [0.5, 0.6) is 5.75 Å². The third kappa shape index (κ3) is 2.86. The Morgan fingerprint density at radius 2 is 2.14 bits per heavy atom. The van der Waals surface area contributed by atoms with Crippen molar-refractivity contribution in [3.63, 3.8) is 0 Å². The van der Waals surface area contributed by atoms with E-state index >= 15 is 0 Å². The largest absolute Gasteiger partial charge is 0.490 e. The van der Waals surface area contributed by atoms with E-state index in [1.807, 2.05) is 31.2 Å². The number of nitrogens with zero attached hydrogens (tertiary/aromatic N) is 1. The maximum absolute atomic E-state index is 11.9. The lowest BCUT2D eigenvalue weighted by Crippen LogP contribution is -2.24. The van der Waals surface area contributed by atoms with Crippen molar-refractivity contribution in [3.05, 3.63) is 46.4 Å². The summed E-state index contributed by atoms with van der Waals surface area (Å²) in [5.74, 6) is 0.815. The molecule has 1 aromatic carbocycles. The standard InChI is InChI=1S/C16H17N3O3/c1-9(10-6-7-10)22-13-5-3-2-4-11(13)15-18-8-12(14(17)20)16(21)19-15/h2-5,8-10H,6-7H2,1H3,(H2,17,20)(H,18,19,21). The number of aromatic nitrogens is 2. The molecule has 3 rings (SSSR count). The summed E-state index contributed by atoms with van der Waals surface area (Å²) in [7, 11) is 0. The van der Waals surface area contributed by atoms with Crippen molar-refractivity contribution in [3.8, 4) is 17.1 Å². The van der Waals surface area contributed by atoms with Crippen molar-refractivity contribution in [2.24, 2.45) is 11.7 Å². The second-order valence-electron chi connectivity index (χ2n) is 5.50. The third-order valence-electron chi connectivity index (χ3n) is 3.81. The Bertz CT molecular complexity index is 765. The molecule has 0 aliphatic heterocycles. The molecule has 1 aromatic heterocycles. The van der Waals surface area contributed by atoms with Crippen LogP contribution in [-0.2, 0) is 0 Å². The van der Waals surface area contributed by atoms with Gasteiger partial charge in [0, 0.05) is 6.20 Å². The van der Waals surface area contributed by atoms with E-state index in [1.165, 1.54) is 19.0 Å². The Labute approximate surface area is 127 Å². The van der Waals surface area contributed by atoms with Crippen molar-refractivity contribution < 1.29 is 9.53 Å². The van der Waals surface area contributed by atoms with Crippen LogP contribution in [0.1, 0.15) is 30.1 Å². The highest BCUT2D eigenvalue weighted by atomic mass is 16.5. The highest BCUT2D eigenvalue weighted by molar-refractivity contribution is 5.92. The number of hydrogen-bond donors (Lipinski definition) is 2. The molecule has 1 amide bonds. The second kappa shape index (κ2) is 5.63. The van der Waals surface area contributed by atoms with Crippen LogP contribution in [0.3, 0.4) is 0 Å². The fourth-order valence-corrected chi connectivity index (χ4v) is 2.33. The predicted molar refractivity (Wildman–Crippen MR) is 81.6 cm³/mol. The number of amides is 1. The zero-order valence-corrected chi connectivity index (χ0v) is 12.2. The molecule has 3 N–H and O–H groups in total. The molecule has 1 fully saturated rings. The van der Waals surface area contributed by atoms with Crippen molar-refractivity contribution in [1.82, 2.24) is 9.97 Å². The van der Waals surface area contributed by atoms with Gasteiger partial charge in [-0.2, -0.15) is 0 Å². The normalized spacial score (nSPS) is 15.3. The predicted octanol–water partition coefficient (Wildman–Crippen LogP) is 1.71. The molecule has 1 saturated carbocycles. The van der Waals surface area contributed by atoms with Crippen LogP contribution in [0.4, 0.5) is 0 Å². The molecule has 1 aliphatic rings. The number of nitrogens with two attached hydrogens (primary N) is 1. The van der Waals surface area contributed by atoms with E-state index in [2.05, 4.69) is 9.97 Å². The Kier molecular flexibility index (Phi) is 3.66. The Hall–Kier alpha value is -2.63. The van der Waals surface area contributed by atoms with E-state index in [9.17, 15) is 9.59 Å². The Morgan fingerprint density at radius 1 is 1.41 bits per heavy atom. The summed E-state index contributed by atoms with van der Waals surface area (Å²) in [5, 5.41) is 0. The highest BCUT2D eigenvalue weighted by Gasteiger charge is 2.30. The number of benzene rings is 1. The molecule has 1 aliphatic carbocycles. The average Bonchev–Trinajstić information content (AvgIpc) is 3.32. The van der Waals surface area contributed by atoms with E-state index in [0.717, 1.165) is 0 Å². The maximum atomic E-state index is 11.9. The van der Waals surface area contributed by atoms with Crippen LogP contribution in [0.15, 0.2) is 35.3 Å². The molecule has 114 valence electrons. The zero-order chi connectivity index (χ0) is 15.7. The maximum Gasteiger partial charge on any atom is 0.264 e. The molecule has 0 bridgehead atoms. The molecular formula is C16H17N3O3. The van der Waals surface area contributed by atoms with Gasteiger partial charge in [-0.3, -0.25) is 9.59 Å². The Morgan fingerprint density at radius 3 is 2.77 bits per heavy atom. The number of carbonyl (C=O) groups is 1. The molecule has 6 nitrogen and oxygen atoms in total. The lowest BCUT2D eigenvalue weighted by Gasteiger charge is -2.16. The monoisotopic (exact) mass is 299 g/mol. The van der Waals surface area contributed by atoms with Gasteiger partial charge < -0.3 is 15.5 Å². The lowest BCUT2D eigenvalue weighted by atomic mass is 10.1. The first-order valence-electron chi connectivity index (χ1n) is 7.21. The van der Waals surface area contributed by atoms with Crippen LogP contribution in [0, 0.1) is 5.92 Å². The van der Waals surface area contributed by atoms with Crippen LogP contribution in [0.2, 0.25) is 0 Å². The van der Waals surface area contributed by atoms with E-state index in [0.29, 0.717) is 23.1 Å². The number of primary amides is 1. The number of hydrogen-bond acceptors (Lipinski definition) is 4. The van der Waals surface area contributed by atoms with Gasteiger partial charge in [-0.05, 0) is 37.8 Å². The van der Waals surface area contributed by atoms with Gasteiger partial charge in [0.25, 0.3) is 11.5 Å². The van der Waals surface area contributed by atoms with Crippen LogP contribution in [0.25, 0.3) is 11.4 Å². The average molecular weight is 299 g/mol. The van der Waals surface area contributed by atoms with Crippen LogP contribution >= 0.6 is 0 Å². The molecule has 1 unspecified atom stereocenters. The zero-order valence-electron chi connectivity index (χ0n) is 12.2. The van der Waals surface area contributed by atoms with E-state index in [-0.39, 0.29) is 11.7 Å². The number of rotatable bonds is 5. The van der Waals surface area contributed by atoms with Gasteiger partial charge in [0.15, 0.2) is 0 Å². The lowest BCUT2D eigenvalue weighted by molar-refractivity contribution is 0.0998. The van der Waals surface area contributed by atoms with Gasteiger partial charge in [-0.25, -0.2) is 4.98 Å². The summed E-state index contributed by atoms with van der Waals surface area (Å²) in [6.07, 6.45) is 3.69. The first kappa shape index (κ1) is 14.3. The number of para-hydroxylation sites is 1. The minimum absolute atomic E-state index is 0.123. The van der Waals surface area contributed by atoms with Gasteiger partial charge in [0.2, 0.25) is 0 Å². The summed E-state index contributed by atoms with van der Waals surface area (Å²) in [6, 6.07) is 7.37. The second-order valence-corrected chi connectivity index (χ2v) is 5.50. The first-order chi connectivity index (χ1) is 10.6. The van der Waals surface area contributed by atoms with Crippen LogP contribution < -0.4 is 16.0 Å². The number of H-pyrrole nitrogens is 1. The van der Waals surface area contributed by atoms with Gasteiger partial charge >= 0.3 is 0 Å². The Balaban J connectivity index is 1.95. The first-order valence-corrected chi connectivity index (χ1v) is 7.21. The minimum Gasteiger partial charge on any atom is -0.490 e. The summed E-state index contributed by atoms with van der Waals surface area (Å²) >= 11 is 0. The smallest absolute Gasteiger partial charge is 0.264 e. The third-order valence-corrected chi connectivity index (χ3v) is 3.81. The molecule has 22 heavy (non-hydrogen) atoms. The fraction of sp³-hybridized carbons (Fsp3) is 0.312. The van der Waals surface area contributed by atoms with E-state index in [1.54, 1.807) is 0 Å². The summed E-state index contributed by atoms with van der Waals surface area (Å²) in [5.41, 5.74) is 5.09. The topological polar surface area (TPSA) is 98.1 Å². The van der Waals surface area contributed by atoms with Gasteiger partial charge in [0.1, 0.15) is 17.1 Å². The molecular weight excluding hydrogens is 282 g/mol. The number of carbonyl (C=O) groups excluding carboxylic acids is 1. The van der Waals surface area contributed by atoms with Crippen molar-refractivity contribution in [2.45, 2.75) is 25.9 Å². The van der Waals surface area contributed by atoms with Crippen LogP contribution in [-0.4, -0.2) is 22.0 Å². The van der Waals surface area contributed by atoms with Gasteiger partial charge in [-0.1, -0.05) is 12.1 Å². The minimum atomic E-state index is -0.799. The molecule has 2 aromatic rings. The van der Waals surface area contributed by atoms with Crippen molar-refractivity contribution in [2.75, 3.05) is 0 Å². The van der Waals surface area contributed by atoms with Crippen molar-refractivity contribution >= 4 is 5.91 Å². The number of nitrogens with one attached hydrogen (secondary N) is 1. The summed E-state index contributed by atoms with van der Waals surface area (Å²) in [6.45, 7) is 2.04. The van der Waals surface area contributed by atoms with Gasteiger partial charge in [0.05, 0.1) is 11.7 Å². The van der Waals surface area contributed by atoms with Gasteiger partial charge in [-0.15, -0.1) is 0 Å². The molecule has 0 radical (unpaired) electrons. The molecule has 0 saturated heterocycles. The quantitative estimate of drug-likeness (QED) is 0.878. The molecule has 1 heterocycles. The van der Waals surface area contributed by atoms with E-state index in [4.69, 9.17) is 10.5 Å². The molecule has 1 atom stereocenters. The number of aromatic amines is 1. The summed E-state index contributed by atoms with van der Waals surface area (Å²) < 4.78 is 5.99. The number of ether oxygens (including phenoxy) is 1. The fourth-order valence-electron chi connectivity index (χ4n) is 2.33. The SMILES string of the molecule is CC(Oc1ccccc1-c1ncc(C(N)=O)c(=O)[nH]1)C1CC1.